The van der Waals surface area contributed by atoms with E-state index < -0.39 is 11.5 Å². The van der Waals surface area contributed by atoms with E-state index in [0.29, 0.717) is 44.4 Å². The molecular weight excluding hydrogens is 312 g/mol. The van der Waals surface area contributed by atoms with Gasteiger partial charge in [0.15, 0.2) is 5.82 Å². The molecule has 0 aromatic carbocycles. The van der Waals surface area contributed by atoms with E-state index in [1.807, 2.05) is 20.8 Å². The van der Waals surface area contributed by atoms with Gasteiger partial charge in [-0.3, -0.25) is 14.6 Å². The first-order valence-corrected chi connectivity index (χ1v) is 8.43. The van der Waals surface area contributed by atoms with E-state index in [9.17, 15) is 9.90 Å². The SMILES string of the molecule is CC(C)(C)c1nc(CN2CCN(C3(C(=O)O)CCOC3)CC2)no1. The molecule has 134 valence electrons. The van der Waals surface area contributed by atoms with Crippen LogP contribution in [0.2, 0.25) is 0 Å². The van der Waals surface area contributed by atoms with Crippen molar-refractivity contribution in [2.24, 2.45) is 0 Å². The van der Waals surface area contributed by atoms with Crippen molar-refractivity contribution in [2.45, 2.75) is 44.7 Å². The largest absolute Gasteiger partial charge is 0.480 e. The van der Waals surface area contributed by atoms with Crippen LogP contribution in [0.5, 0.6) is 0 Å². The number of hydrogen-bond acceptors (Lipinski definition) is 7. The highest BCUT2D eigenvalue weighted by atomic mass is 16.5. The van der Waals surface area contributed by atoms with Crippen LogP contribution in [0.1, 0.15) is 38.9 Å². The van der Waals surface area contributed by atoms with Gasteiger partial charge in [0.1, 0.15) is 5.54 Å². The first kappa shape index (κ1) is 17.3. The van der Waals surface area contributed by atoms with E-state index in [2.05, 4.69) is 19.9 Å². The molecule has 2 aliphatic heterocycles. The number of piperazine rings is 1. The average molecular weight is 338 g/mol. The quantitative estimate of drug-likeness (QED) is 0.859. The molecule has 0 bridgehead atoms. The number of carbonyl (C=O) groups is 1. The van der Waals surface area contributed by atoms with E-state index in [1.165, 1.54) is 0 Å². The summed E-state index contributed by atoms with van der Waals surface area (Å²) < 4.78 is 10.7. The van der Waals surface area contributed by atoms with Crippen molar-refractivity contribution >= 4 is 5.97 Å². The Hall–Kier alpha value is -1.51. The normalized spacial score (nSPS) is 26.8. The minimum atomic E-state index is -0.850. The third-order valence-corrected chi connectivity index (χ3v) is 4.85. The summed E-state index contributed by atoms with van der Waals surface area (Å²) in [5.41, 5.74) is -1.00. The smallest absolute Gasteiger partial charge is 0.326 e. The summed E-state index contributed by atoms with van der Waals surface area (Å²) in [7, 11) is 0. The molecule has 1 atom stereocenters. The Bertz CT molecular complexity index is 581. The molecule has 3 heterocycles. The lowest BCUT2D eigenvalue weighted by Gasteiger charge is -2.42. The Balaban J connectivity index is 1.57. The van der Waals surface area contributed by atoms with Crippen LogP contribution in [0.25, 0.3) is 0 Å². The maximum Gasteiger partial charge on any atom is 0.326 e. The third-order valence-electron chi connectivity index (χ3n) is 4.85. The van der Waals surface area contributed by atoms with Gasteiger partial charge < -0.3 is 14.4 Å². The number of rotatable bonds is 4. The molecule has 1 aromatic rings. The summed E-state index contributed by atoms with van der Waals surface area (Å²) in [6.07, 6.45) is 0.558. The molecular formula is C16H26N4O4. The summed E-state index contributed by atoms with van der Waals surface area (Å²) in [5.74, 6) is 0.552. The molecule has 1 N–H and O–H groups in total. The van der Waals surface area contributed by atoms with Gasteiger partial charge in [-0.05, 0) is 0 Å². The summed E-state index contributed by atoms with van der Waals surface area (Å²) in [4.78, 5) is 20.5. The van der Waals surface area contributed by atoms with Crippen LogP contribution in [0.15, 0.2) is 4.52 Å². The molecule has 0 radical (unpaired) electrons. The topological polar surface area (TPSA) is 91.9 Å². The van der Waals surface area contributed by atoms with Crippen molar-refractivity contribution in [3.05, 3.63) is 11.7 Å². The minimum absolute atomic E-state index is 0.152. The summed E-state index contributed by atoms with van der Waals surface area (Å²) >= 11 is 0. The molecule has 24 heavy (non-hydrogen) atoms. The van der Waals surface area contributed by atoms with Gasteiger partial charge in [0.2, 0.25) is 5.89 Å². The Morgan fingerprint density at radius 2 is 2.00 bits per heavy atom. The molecule has 2 saturated heterocycles. The lowest BCUT2D eigenvalue weighted by molar-refractivity contribution is -0.153. The van der Waals surface area contributed by atoms with E-state index in [-0.39, 0.29) is 12.0 Å². The first-order valence-electron chi connectivity index (χ1n) is 8.43. The van der Waals surface area contributed by atoms with Crippen molar-refractivity contribution in [3.8, 4) is 0 Å². The highest BCUT2D eigenvalue weighted by Crippen LogP contribution is 2.28. The number of carboxylic acids is 1. The molecule has 0 saturated carbocycles. The van der Waals surface area contributed by atoms with E-state index >= 15 is 0 Å². The predicted octanol–water partition coefficient (Wildman–Crippen LogP) is 0.728. The van der Waals surface area contributed by atoms with Crippen LogP contribution in [-0.4, -0.2) is 75.9 Å². The summed E-state index contributed by atoms with van der Waals surface area (Å²) in [5, 5.41) is 13.7. The van der Waals surface area contributed by atoms with E-state index in [1.54, 1.807) is 0 Å². The summed E-state index contributed by atoms with van der Waals surface area (Å²) in [6, 6.07) is 0. The van der Waals surface area contributed by atoms with Crippen LogP contribution in [0.3, 0.4) is 0 Å². The zero-order valence-electron chi connectivity index (χ0n) is 14.6. The number of ether oxygens (including phenoxy) is 1. The Morgan fingerprint density at radius 1 is 1.29 bits per heavy atom. The van der Waals surface area contributed by atoms with Crippen molar-refractivity contribution in [1.82, 2.24) is 19.9 Å². The monoisotopic (exact) mass is 338 g/mol. The molecule has 0 spiro atoms. The lowest BCUT2D eigenvalue weighted by atomic mass is 9.95. The molecule has 3 rings (SSSR count). The number of nitrogens with zero attached hydrogens (tertiary/aromatic N) is 4. The second kappa shape index (κ2) is 6.42. The van der Waals surface area contributed by atoms with Crippen LogP contribution in [0.4, 0.5) is 0 Å². The average Bonchev–Trinajstić information content (AvgIpc) is 3.17. The van der Waals surface area contributed by atoms with Crippen molar-refractivity contribution in [1.29, 1.82) is 0 Å². The van der Waals surface area contributed by atoms with E-state index in [0.717, 1.165) is 13.1 Å². The first-order chi connectivity index (χ1) is 11.3. The second-order valence-electron chi connectivity index (χ2n) is 7.67. The van der Waals surface area contributed by atoms with Crippen LogP contribution in [-0.2, 0) is 21.5 Å². The number of aliphatic carboxylic acids is 1. The van der Waals surface area contributed by atoms with Gasteiger partial charge >= 0.3 is 5.97 Å². The second-order valence-corrected chi connectivity index (χ2v) is 7.67. The molecule has 2 aliphatic rings. The molecule has 8 heteroatoms. The molecule has 2 fully saturated rings. The van der Waals surface area contributed by atoms with Gasteiger partial charge in [0.05, 0.1) is 13.2 Å². The Kier molecular flexibility index (Phi) is 4.63. The minimum Gasteiger partial charge on any atom is -0.480 e. The molecule has 1 unspecified atom stereocenters. The number of carboxylic acid groups (broad SMARTS) is 1. The number of aromatic nitrogens is 2. The zero-order valence-corrected chi connectivity index (χ0v) is 14.6. The standard InChI is InChI=1S/C16H26N4O4/c1-15(2,3)13-17-12(18-24-13)10-19-5-7-20(8-6-19)16(14(21)22)4-9-23-11-16/h4-11H2,1-3H3,(H,21,22). The highest BCUT2D eigenvalue weighted by Gasteiger charge is 2.48. The third kappa shape index (κ3) is 3.31. The molecule has 0 amide bonds. The van der Waals surface area contributed by atoms with Gasteiger partial charge in [-0.15, -0.1) is 0 Å². The maximum absolute atomic E-state index is 11.7. The fourth-order valence-electron chi connectivity index (χ4n) is 3.26. The van der Waals surface area contributed by atoms with Crippen molar-refractivity contribution in [3.63, 3.8) is 0 Å². The highest BCUT2D eigenvalue weighted by molar-refractivity contribution is 5.79. The van der Waals surface area contributed by atoms with Gasteiger partial charge in [-0.25, -0.2) is 0 Å². The van der Waals surface area contributed by atoms with Crippen LogP contribution in [0, 0.1) is 0 Å². The molecule has 0 aliphatic carbocycles. The lowest BCUT2D eigenvalue weighted by Crippen LogP contribution is -2.61. The Labute approximate surface area is 141 Å². The molecule has 8 nitrogen and oxygen atoms in total. The maximum atomic E-state index is 11.7. The molecule has 1 aromatic heterocycles. The number of hydrogen-bond donors (Lipinski definition) is 1. The van der Waals surface area contributed by atoms with Gasteiger partial charge in [-0.1, -0.05) is 25.9 Å². The van der Waals surface area contributed by atoms with Gasteiger partial charge in [0.25, 0.3) is 0 Å². The van der Waals surface area contributed by atoms with Gasteiger partial charge in [-0.2, -0.15) is 4.98 Å². The summed E-state index contributed by atoms with van der Waals surface area (Å²) in [6.45, 7) is 10.5. The fraction of sp³-hybridized carbons (Fsp3) is 0.812. The van der Waals surface area contributed by atoms with Crippen LogP contribution < -0.4 is 0 Å². The van der Waals surface area contributed by atoms with Gasteiger partial charge in [0, 0.05) is 44.6 Å². The van der Waals surface area contributed by atoms with E-state index in [4.69, 9.17) is 9.26 Å². The van der Waals surface area contributed by atoms with Crippen molar-refractivity contribution < 1.29 is 19.2 Å². The predicted molar refractivity (Wildman–Crippen MR) is 85.7 cm³/mol. The fourth-order valence-corrected chi connectivity index (χ4v) is 3.26. The van der Waals surface area contributed by atoms with Crippen LogP contribution >= 0.6 is 0 Å². The zero-order chi connectivity index (χ0) is 17.4. The Morgan fingerprint density at radius 3 is 2.50 bits per heavy atom. The van der Waals surface area contributed by atoms with Crippen molar-refractivity contribution in [2.75, 3.05) is 39.4 Å².